The molecule has 2 heterocycles. The second kappa shape index (κ2) is 11.1. The number of anilines is 3. The predicted octanol–water partition coefficient (Wildman–Crippen LogP) is 7.12. The van der Waals surface area contributed by atoms with E-state index in [1.807, 2.05) is 91.9 Å². The van der Waals surface area contributed by atoms with Crippen LogP contribution >= 0.6 is 23.1 Å². The van der Waals surface area contributed by atoms with Crippen molar-refractivity contribution in [1.29, 1.82) is 5.26 Å². The zero-order valence-electron chi connectivity index (χ0n) is 19.8. The van der Waals surface area contributed by atoms with Crippen LogP contribution in [0.3, 0.4) is 0 Å². The molecule has 5 aromatic rings. The molecule has 37 heavy (non-hydrogen) atoms. The molecule has 0 aliphatic carbocycles. The van der Waals surface area contributed by atoms with Gasteiger partial charge in [-0.2, -0.15) is 5.26 Å². The highest BCUT2D eigenvalue weighted by Gasteiger charge is 2.24. The van der Waals surface area contributed by atoms with Gasteiger partial charge in [0.25, 0.3) is 0 Å². The van der Waals surface area contributed by atoms with Crippen molar-refractivity contribution >= 4 is 45.7 Å². The van der Waals surface area contributed by atoms with Gasteiger partial charge in [-0.05, 0) is 24.1 Å². The second-order valence-corrected chi connectivity index (χ2v) is 10.2. The normalized spacial score (nSPS) is 10.6. The van der Waals surface area contributed by atoms with Crippen molar-refractivity contribution in [3.63, 3.8) is 0 Å². The molecule has 1 amide bonds. The van der Waals surface area contributed by atoms with E-state index in [0.29, 0.717) is 20.8 Å². The number of nitrogens with zero attached hydrogens (tertiary/aromatic N) is 3. The number of rotatable bonds is 8. The van der Waals surface area contributed by atoms with Crippen LogP contribution in [0.5, 0.6) is 0 Å². The molecule has 0 radical (unpaired) electrons. The van der Waals surface area contributed by atoms with E-state index < -0.39 is 0 Å². The van der Waals surface area contributed by atoms with Gasteiger partial charge in [0.15, 0.2) is 4.34 Å². The number of nitrogens with one attached hydrogen (secondary N) is 2. The Kier molecular flexibility index (Phi) is 7.31. The molecular weight excluding hydrogens is 502 g/mol. The Balaban J connectivity index is 1.33. The predicted molar refractivity (Wildman–Crippen MR) is 148 cm³/mol. The number of hydrogen-bond donors (Lipinski definition) is 2. The summed E-state index contributed by atoms with van der Waals surface area (Å²) in [7, 11) is 0. The Morgan fingerprint density at radius 1 is 0.973 bits per heavy atom. The molecule has 0 aliphatic heterocycles. The maximum Gasteiger partial charge on any atom is 0.237 e. The van der Waals surface area contributed by atoms with E-state index in [9.17, 15) is 10.1 Å². The summed E-state index contributed by atoms with van der Waals surface area (Å²) in [6.45, 7) is 2.01. The van der Waals surface area contributed by atoms with Gasteiger partial charge in [-0.1, -0.05) is 102 Å². The molecule has 9 heteroatoms. The molecule has 3 aromatic carbocycles. The average molecular weight is 524 g/mol. The summed E-state index contributed by atoms with van der Waals surface area (Å²) in [6, 6.07) is 29.2. The van der Waals surface area contributed by atoms with Crippen LogP contribution in [0.1, 0.15) is 11.1 Å². The average Bonchev–Trinajstić information content (AvgIpc) is 3.54. The van der Waals surface area contributed by atoms with Gasteiger partial charge in [-0.25, -0.2) is 0 Å². The minimum atomic E-state index is -0.307. The Morgan fingerprint density at radius 2 is 1.65 bits per heavy atom. The maximum atomic E-state index is 12.8. The van der Waals surface area contributed by atoms with Gasteiger partial charge in [0.2, 0.25) is 16.9 Å². The Hall–Kier alpha value is -4.39. The van der Waals surface area contributed by atoms with Crippen LogP contribution in [0.2, 0.25) is 0 Å². The fourth-order valence-corrected chi connectivity index (χ4v) is 5.30. The van der Waals surface area contributed by atoms with Gasteiger partial charge in [0.05, 0.1) is 5.75 Å². The molecule has 7 nitrogen and oxygen atoms in total. The number of benzene rings is 3. The van der Waals surface area contributed by atoms with Crippen molar-refractivity contribution in [1.82, 2.24) is 10.2 Å². The van der Waals surface area contributed by atoms with Crippen LogP contribution in [0.4, 0.5) is 16.7 Å². The van der Waals surface area contributed by atoms with E-state index in [4.69, 9.17) is 4.42 Å². The molecular formula is C28H21N5O2S2. The summed E-state index contributed by atoms with van der Waals surface area (Å²) in [5, 5.41) is 25.0. The standard InChI is InChI=1S/C28H21N5O2S2/c1-18-10-8-9-15-22(18)30-27-32-33-28(37-27)36-17-23(34)31-26-21(16-29)24(19-11-4-2-5-12-19)25(35-26)20-13-6-3-7-14-20/h2-15H,17H2,1H3,(H,30,32)(H,31,34). The summed E-state index contributed by atoms with van der Waals surface area (Å²) >= 11 is 2.64. The van der Waals surface area contributed by atoms with Crippen molar-refractivity contribution in [3.8, 4) is 28.5 Å². The van der Waals surface area contributed by atoms with E-state index in [1.54, 1.807) is 0 Å². The Morgan fingerprint density at radius 3 is 2.35 bits per heavy atom. The molecule has 0 aliphatic rings. The topological polar surface area (TPSA) is 104 Å². The highest BCUT2D eigenvalue weighted by molar-refractivity contribution is 8.01. The van der Waals surface area contributed by atoms with Gasteiger partial charge in [0, 0.05) is 16.8 Å². The van der Waals surface area contributed by atoms with Crippen molar-refractivity contribution in [2.45, 2.75) is 11.3 Å². The van der Waals surface area contributed by atoms with Crippen LogP contribution < -0.4 is 10.6 Å². The van der Waals surface area contributed by atoms with E-state index in [0.717, 1.165) is 22.4 Å². The number of amides is 1. The van der Waals surface area contributed by atoms with E-state index in [1.165, 1.54) is 23.1 Å². The number of carbonyl (C=O) groups excluding carboxylic acids is 1. The SMILES string of the molecule is Cc1ccccc1Nc1nnc(SCC(=O)Nc2oc(-c3ccccc3)c(-c3ccccc3)c2C#N)s1. The number of hydrogen-bond acceptors (Lipinski definition) is 8. The minimum absolute atomic E-state index is 0.0892. The fraction of sp³-hybridized carbons (Fsp3) is 0.0714. The first kappa shape index (κ1) is 24.3. The second-order valence-electron chi connectivity index (χ2n) is 8.00. The van der Waals surface area contributed by atoms with Crippen LogP contribution in [0, 0.1) is 18.3 Å². The number of thioether (sulfide) groups is 1. The molecule has 0 spiro atoms. The van der Waals surface area contributed by atoms with Gasteiger partial charge in [-0.15, -0.1) is 10.2 Å². The molecule has 0 atom stereocenters. The van der Waals surface area contributed by atoms with Crippen LogP contribution in [0.15, 0.2) is 93.7 Å². The lowest BCUT2D eigenvalue weighted by Gasteiger charge is -2.04. The monoisotopic (exact) mass is 523 g/mol. The number of para-hydroxylation sites is 1. The third-order valence-electron chi connectivity index (χ3n) is 5.49. The maximum absolute atomic E-state index is 12.8. The van der Waals surface area contributed by atoms with Gasteiger partial charge in [0.1, 0.15) is 17.4 Å². The molecule has 2 N–H and O–H groups in total. The molecule has 182 valence electrons. The highest BCUT2D eigenvalue weighted by Crippen LogP contribution is 2.41. The minimum Gasteiger partial charge on any atom is -0.438 e. The molecule has 0 saturated carbocycles. The Bertz CT molecular complexity index is 1570. The van der Waals surface area contributed by atoms with Crippen molar-refractivity contribution in [2.24, 2.45) is 0 Å². The number of aromatic nitrogens is 2. The lowest BCUT2D eigenvalue weighted by molar-refractivity contribution is -0.113. The molecule has 0 unspecified atom stereocenters. The molecule has 0 fully saturated rings. The summed E-state index contributed by atoms with van der Waals surface area (Å²) in [5.41, 5.74) is 4.63. The lowest BCUT2D eigenvalue weighted by Crippen LogP contribution is -2.14. The van der Waals surface area contributed by atoms with Crippen LogP contribution in [-0.2, 0) is 4.79 Å². The summed E-state index contributed by atoms with van der Waals surface area (Å²) in [6.07, 6.45) is 0. The molecule has 0 bridgehead atoms. The molecule has 0 saturated heterocycles. The molecule has 5 rings (SSSR count). The number of aryl methyl sites for hydroxylation is 1. The van der Waals surface area contributed by atoms with Gasteiger partial charge >= 0.3 is 0 Å². The summed E-state index contributed by atoms with van der Waals surface area (Å²) in [5.74, 6) is 0.441. The highest BCUT2D eigenvalue weighted by atomic mass is 32.2. The van der Waals surface area contributed by atoms with Gasteiger partial charge < -0.3 is 9.73 Å². The van der Waals surface area contributed by atoms with Gasteiger partial charge in [-0.3, -0.25) is 10.1 Å². The third kappa shape index (κ3) is 5.56. The number of carbonyl (C=O) groups is 1. The smallest absolute Gasteiger partial charge is 0.237 e. The van der Waals surface area contributed by atoms with E-state index in [2.05, 4.69) is 26.9 Å². The van der Waals surface area contributed by atoms with Crippen molar-refractivity contribution < 1.29 is 9.21 Å². The van der Waals surface area contributed by atoms with Crippen molar-refractivity contribution in [3.05, 3.63) is 96.1 Å². The quantitative estimate of drug-likeness (QED) is 0.209. The van der Waals surface area contributed by atoms with Crippen LogP contribution in [0.25, 0.3) is 22.5 Å². The first-order valence-electron chi connectivity index (χ1n) is 11.4. The third-order valence-corrected chi connectivity index (χ3v) is 7.46. The van der Waals surface area contributed by atoms with Crippen molar-refractivity contribution in [2.75, 3.05) is 16.4 Å². The lowest BCUT2D eigenvalue weighted by atomic mass is 9.98. The number of furan rings is 1. The van der Waals surface area contributed by atoms with E-state index in [-0.39, 0.29) is 23.1 Å². The fourth-order valence-electron chi connectivity index (χ4n) is 3.74. The zero-order valence-corrected chi connectivity index (χ0v) is 21.4. The Labute approximate surface area is 222 Å². The first-order valence-corrected chi connectivity index (χ1v) is 13.2. The summed E-state index contributed by atoms with van der Waals surface area (Å²) in [4.78, 5) is 12.8. The van der Waals surface area contributed by atoms with Crippen LogP contribution in [-0.4, -0.2) is 21.9 Å². The largest absolute Gasteiger partial charge is 0.438 e. The zero-order chi connectivity index (χ0) is 25.6. The molecule has 2 aromatic heterocycles. The first-order chi connectivity index (χ1) is 18.1. The number of nitriles is 1. The summed E-state index contributed by atoms with van der Waals surface area (Å²) < 4.78 is 6.74. The van der Waals surface area contributed by atoms with E-state index >= 15 is 0 Å².